The second-order valence-corrected chi connectivity index (χ2v) is 3.99. The Hall–Kier alpha value is -0.120. The maximum Gasteiger partial charge on any atom is 0.104 e. The van der Waals surface area contributed by atoms with Crippen molar-refractivity contribution in [3.8, 4) is 0 Å². The molecular formula is C10H19NO2. The van der Waals surface area contributed by atoms with E-state index in [1.54, 1.807) is 0 Å². The Morgan fingerprint density at radius 2 is 2.15 bits per heavy atom. The van der Waals surface area contributed by atoms with Gasteiger partial charge in [-0.05, 0) is 25.8 Å². The highest BCUT2D eigenvalue weighted by atomic mass is 16.6. The minimum atomic E-state index is 0.394. The van der Waals surface area contributed by atoms with E-state index in [1.807, 2.05) is 0 Å². The first-order chi connectivity index (χ1) is 6.38. The topological polar surface area (TPSA) is 30.5 Å². The van der Waals surface area contributed by atoms with Crippen LogP contribution in [0, 0.1) is 0 Å². The van der Waals surface area contributed by atoms with Crippen LogP contribution in [0.25, 0.3) is 0 Å². The fourth-order valence-electron chi connectivity index (χ4n) is 2.10. The quantitative estimate of drug-likeness (QED) is 0.707. The Bertz CT molecular complexity index is 159. The number of ether oxygens (including phenoxy) is 2. The third-order valence-corrected chi connectivity index (χ3v) is 2.87. The lowest BCUT2D eigenvalue weighted by Crippen LogP contribution is -2.39. The molecule has 2 fully saturated rings. The molecule has 0 bridgehead atoms. The molecule has 2 atom stereocenters. The first-order valence-electron chi connectivity index (χ1n) is 5.35. The van der Waals surface area contributed by atoms with Crippen molar-refractivity contribution in [3.05, 3.63) is 0 Å². The van der Waals surface area contributed by atoms with Gasteiger partial charge in [-0.15, -0.1) is 0 Å². The fourth-order valence-corrected chi connectivity index (χ4v) is 2.10. The van der Waals surface area contributed by atoms with Crippen molar-refractivity contribution in [2.24, 2.45) is 0 Å². The minimum Gasteiger partial charge on any atom is -0.376 e. The van der Waals surface area contributed by atoms with E-state index in [0.717, 1.165) is 19.8 Å². The highest BCUT2D eigenvalue weighted by Crippen LogP contribution is 2.24. The monoisotopic (exact) mass is 185 g/mol. The van der Waals surface area contributed by atoms with Crippen molar-refractivity contribution >= 4 is 0 Å². The van der Waals surface area contributed by atoms with Gasteiger partial charge in [-0.2, -0.15) is 0 Å². The van der Waals surface area contributed by atoms with Crippen LogP contribution in [-0.2, 0) is 9.47 Å². The Labute approximate surface area is 79.8 Å². The van der Waals surface area contributed by atoms with Crippen LogP contribution in [0.3, 0.4) is 0 Å². The molecular weight excluding hydrogens is 166 g/mol. The summed E-state index contributed by atoms with van der Waals surface area (Å²) >= 11 is 0. The predicted octanol–water partition coefficient (Wildman–Crippen LogP) is 0.932. The van der Waals surface area contributed by atoms with E-state index in [9.17, 15) is 0 Å². The summed E-state index contributed by atoms with van der Waals surface area (Å²) in [6, 6.07) is 0.691. The lowest BCUT2D eigenvalue weighted by Gasteiger charge is -2.29. The summed E-state index contributed by atoms with van der Waals surface area (Å²) in [5, 5.41) is 3.47. The molecule has 0 spiro atoms. The van der Waals surface area contributed by atoms with Crippen LogP contribution < -0.4 is 5.32 Å². The molecule has 3 heteroatoms. The molecule has 3 nitrogen and oxygen atoms in total. The molecule has 0 aromatic rings. The van der Waals surface area contributed by atoms with Crippen molar-refractivity contribution in [3.63, 3.8) is 0 Å². The zero-order valence-electron chi connectivity index (χ0n) is 8.29. The fraction of sp³-hybridized carbons (Fsp3) is 1.00. The van der Waals surface area contributed by atoms with Crippen LogP contribution in [-0.4, -0.2) is 38.0 Å². The molecule has 13 heavy (non-hydrogen) atoms. The van der Waals surface area contributed by atoms with Crippen molar-refractivity contribution in [2.45, 2.75) is 44.4 Å². The normalized spacial score (nSPS) is 34.8. The number of nitrogens with one attached hydrogen (secondary N) is 1. The summed E-state index contributed by atoms with van der Waals surface area (Å²) in [5.74, 6) is 0. The molecule has 1 aliphatic carbocycles. The summed E-state index contributed by atoms with van der Waals surface area (Å²) in [4.78, 5) is 0. The Kier molecular flexibility index (Phi) is 3.19. The van der Waals surface area contributed by atoms with Gasteiger partial charge in [0.25, 0.3) is 0 Å². The zero-order chi connectivity index (χ0) is 9.10. The van der Waals surface area contributed by atoms with Gasteiger partial charge in [0.15, 0.2) is 0 Å². The van der Waals surface area contributed by atoms with Gasteiger partial charge in [0.2, 0.25) is 0 Å². The van der Waals surface area contributed by atoms with Crippen molar-refractivity contribution in [1.82, 2.24) is 5.32 Å². The number of rotatable bonds is 4. The maximum atomic E-state index is 5.86. The molecule has 1 heterocycles. The standard InChI is InChI=1S/C10H19NO2/c1-2-11-8-3-4-9(5-8)13-10-6-12-7-10/h8-11H,2-7H2,1H3. The Morgan fingerprint density at radius 1 is 1.31 bits per heavy atom. The first kappa shape index (κ1) is 9.44. The van der Waals surface area contributed by atoms with E-state index in [-0.39, 0.29) is 0 Å². The average molecular weight is 185 g/mol. The van der Waals surface area contributed by atoms with Gasteiger partial charge < -0.3 is 14.8 Å². The van der Waals surface area contributed by atoms with Gasteiger partial charge >= 0.3 is 0 Å². The van der Waals surface area contributed by atoms with Gasteiger partial charge in [0.05, 0.1) is 19.3 Å². The zero-order valence-corrected chi connectivity index (χ0v) is 8.29. The van der Waals surface area contributed by atoms with E-state index < -0.39 is 0 Å². The highest BCUT2D eigenvalue weighted by molar-refractivity contribution is 4.82. The molecule has 2 unspecified atom stereocenters. The predicted molar refractivity (Wildman–Crippen MR) is 50.8 cm³/mol. The van der Waals surface area contributed by atoms with Gasteiger partial charge in [-0.3, -0.25) is 0 Å². The van der Waals surface area contributed by atoms with Crippen molar-refractivity contribution in [1.29, 1.82) is 0 Å². The second-order valence-electron chi connectivity index (χ2n) is 3.99. The minimum absolute atomic E-state index is 0.394. The SMILES string of the molecule is CCNC1CCC(OC2COC2)C1. The number of hydrogen-bond donors (Lipinski definition) is 1. The highest BCUT2D eigenvalue weighted by Gasteiger charge is 2.29. The summed E-state index contributed by atoms with van der Waals surface area (Å²) in [6.07, 6.45) is 4.55. The smallest absolute Gasteiger partial charge is 0.104 e. The van der Waals surface area contributed by atoms with Crippen LogP contribution in [0.4, 0.5) is 0 Å². The van der Waals surface area contributed by atoms with Crippen LogP contribution in [0.1, 0.15) is 26.2 Å². The largest absolute Gasteiger partial charge is 0.376 e. The summed E-state index contributed by atoms with van der Waals surface area (Å²) in [6.45, 7) is 4.85. The first-order valence-corrected chi connectivity index (χ1v) is 5.35. The molecule has 2 aliphatic rings. The molecule has 2 rings (SSSR count). The Balaban J connectivity index is 1.65. The average Bonchev–Trinajstić information content (AvgIpc) is 2.46. The third kappa shape index (κ3) is 2.42. The lowest BCUT2D eigenvalue weighted by atomic mass is 10.2. The molecule has 1 N–H and O–H groups in total. The van der Waals surface area contributed by atoms with Crippen LogP contribution in [0.2, 0.25) is 0 Å². The van der Waals surface area contributed by atoms with Gasteiger partial charge in [0, 0.05) is 6.04 Å². The van der Waals surface area contributed by atoms with Gasteiger partial charge in [-0.1, -0.05) is 6.92 Å². The Morgan fingerprint density at radius 3 is 2.77 bits per heavy atom. The van der Waals surface area contributed by atoms with Gasteiger partial charge in [0.1, 0.15) is 6.10 Å². The molecule has 76 valence electrons. The van der Waals surface area contributed by atoms with Gasteiger partial charge in [-0.25, -0.2) is 0 Å². The summed E-state index contributed by atoms with van der Waals surface area (Å²) in [5.41, 5.74) is 0. The third-order valence-electron chi connectivity index (χ3n) is 2.87. The maximum absolute atomic E-state index is 5.86. The van der Waals surface area contributed by atoms with Crippen LogP contribution in [0.15, 0.2) is 0 Å². The van der Waals surface area contributed by atoms with Crippen LogP contribution in [0.5, 0.6) is 0 Å². The van der Waals surface area contributed by atoms with E-state index in [1.165, 1.54) is 19.3 Å². The van der Waals surface area contributed by atoms with E-state index in [2.05, 4.69) is 12.2 Å². The lowest BCUT2D eigenvalue weighted by molar-refractivity contribution is -0.152. The summed E-state index contributed by atoms with van der Waals surface area (Å²) < 4.78 is 10.9. The van der Waals surface area contributed by atoms with E-state index >= 15 is 0 Å². The van der Waals surface area contributed by atoms with E-state index in [0.29, 0.717) is 18.2 Å². The molecule has 0 aromatic carbocycles. The van der Waals surface area contributed by atoms with E-state index in [4.69, 9.17) is 9.47 Å². The molecule has 0 aromatic heterocycles. The molecule has 0 radical (unpaired) electrons. The van der Waals surface area contributed by atoms with Crippen LogP contribution >= 0.6 is 0 Å². The summed E-state index contributed by atoms with van der Waals surface area (Å²) in [7, 11) is 0. The van der Waals surface area contributed by atoms with Crippen molar-refractivity contribution < 1.29 is 9.47 Å². The number of hydrogen-bond acceptors (Lipinski definition) is 3. The second kappa shape index (κ2) is 4.40. The molecule has 0 amide bonds. The molecule has 1 aliphatic heterocycles. The van der Waals surface area contributed by atoms with Crippen molar-refractivity contribution in [2.75, 3.05) is 19.8 Å². The molecule has 1 saturated carbocycles. The molecule has 1 saturated heterocycles.